The molecule has 0 radical (unpaired) electrons. The van der Waals surface area contributed by atoms with Crippen LogP contribution in [-0.2, 0) is 4.79 Å². The van der Waals surface area contributed by atoms with Gasteiger partial charge >= 0.3 is 5.97 Å². The van der Waals surface area contributed by atoms with Crippen molar-refractivity contribution < 1.29 is 15.0 Å². The summed E-state index contributed by atoms with van der Waals surface area (Å²) in [4.78, 5) is 16.5. The molecule has 0 saturated heterocycles. The number of hydrogen-bond acceptors (Lipinski definition) is 4. The van der Waals surface area contributed by atoms with E-state index in [9.17, 15) is 15.0 Å². The van der Waals surface area contributed by atoms with Crippen molar-refractivity contribution in [3.63, 3.8) is 0 Å². The largest absolute Gasteiger partial charge is 0.481 e. The van der Waals surface area contributed by atoms with Gasteiger partial charge in [-0.15, -0.1) is 0 Å². The maximum Gasteiger partial charge on any atom is 0.303 e. The molecule has 1 aliphatic rings. The lowest BCUT2D eigenvalue weighted by atomic mass is 9.87. The first-order chi connectivity index (χ1) is 20.8. The van der Waals surface area contributed by atoms with E-state index in [1.807, 2.05) is 56.0 Å². The molecule has 0 aliphatic heterocycles. The van der Waals surface area contributed by atoms with Gasteiger partial charge in [-0.2, -0.15) is 11.8 Å². The van der Waals surface area contributed by atoms with Gasteiger partial charge in [0.1, 0.15) is 0 Å². The van der Waals surface area contributed by atoms with Crippen molar-refractivity contribution in [2.24, 2.45) is 11.3 Å². The average Bonchev–Trinajstić information content (AvgIpc) is 3.59. The number of halogens is 1. The van der Waals surface area contributed by atoms with E-state index in [0.717, 1.165) is 63.9 Å². The lowest BCUT2D eigenvalue weighted by Gasteiger charge is -2.26. The Morgan fingerprint density at radius 3 is 2.61 bits per heavy atom. The molecule has 0 bridgehead atoms. The first-order valence-electron chi connectivity index (χ1n) is 15.2. The molecule has 1 heterocycles. The Balaban J connectivity index is 1.60. The van der Waals surface area contributed by atoms with Gasteiger partial charge in [0.15, 0.2) is 0 Å². The summed E-state index contributed by atoms with van der Waals surface area (Å²) in [7, 11) is 0. The SMILES string of the molecule is C=C/C=C(\C(=C/C)CC[C@@H](SC[C@@]1(CC(=O)O)C[C@H]1C)c1cccc(/C=C/c2ccc3c(C)cc(Cl)cc3n2)c1)C(C)(C)O. The van der Waals surface area contributed by atoms with Crippen LogP contribution in [0.1, 0.15) is 81.0 Å². The first kappa shape index (κ1) is 33.8. The molecule has 6 heteroatoms. The molecule has 2 N–H and O–H groups in total. The van der Waals surface area contributed by atoms with Gasteiger partial charge in [-0.05, 0) is 110 Å². The van der Waals surface area contributed by atoms with Gasteiger partial charge in [0.25, 0.3) is 0 Å². The maximum atomic E-state index is 11.7. The third-order valence-corrected chi connectivity index (χ3v) is 10.6. The molecule has 0 spiro atoms. The standard InChI is InChI=1S/C38H44ClNO3S/c1-7-10-33(37(5,6)43)28(8-2)14-18-35(44-24-38(22-26(38)4)23-36(41)42)29-12-9-11-27(20-29)13-15-31-16-17-32-25(3)19-30(39)21-34(32)40-31/h7-13,15-17,19-21,26,35,43H,1,14,18,22-24H2,2-6H3,(H,41,42)/b15-13+,28-8-,33-10+/t26-,35-,38+/m1/s1. The summed E-state index contributed by atoms with van der Waals surface area (Å²) in [6.45, 7) is 13.7. The minimum atomic E-state index is -0.987. The summed E-state index contributed by atoms with van der Waals surface area (Å²) in [5.41, 5.74) is 5.96. The van der Waals surface area contributed by atoms with Gasteiger partial charge in [-0.1, -0.05) is 79.7 Å². The van der Waals surface area contributed by atoms with Crippen LogP contribution in [0.3, 0.4) is 0 Å². The van der Waals surface area contributed by atoms with Crippen LogP contribution in [-0.4, -0.2) is 32.5 Å². The Bertz CT molecular complexity index is 1620. The molecule has 0 amide bonds. The number of aryl methyl sites for hydroxylation is 1. The molecule has 4 rings (SSSR count). The number of fused-ring (bicyclic) bond motifs is 1. The number of carboxylic acid groups (broad SMARTS) is 1. The molecule has 4 nitrogen and oxygen atoms in total. The van der Waals surface area contributed by atoms with Crippen LogP contribution in [0, 0.1) is 18.3 Å². The van der Waals surface area contributed by atoms with Crippen LogP contribution in [0.25, 0.3) is 23.1 Å². The number of thioether (sulfide) groups is 1. The van der Waals surface area contributed by atoms with E-state index >= 15 is 0 Å². The van der Waals surface area contributed by atoms with E-state index < -0.39 is 11.6 Å². The smallest absolute Gasteiger partial charge is 0.303 e. The Morgan fingerprint density at radius 1 is 1.23 bits per heavy atom. The maximum absolute atomic E-state index is 11.7. The number of aliphatic carboxylic acids is 1. The summed E-state index contributed by atoms with van der Waals surface area (Å²) < 4.78 is 0. The fourth-order valence-corrected chi connectivity index (χ4v) is 7.96. The highest BCUT2D eigenvalue weighted by Gasteiger charge is 2.52. The van der Waals surface area contributed by atoms with E-state index in [2.05, 4.69) is 56.0 Å². The minimum absolute atomic E-state index is 0.139. The number of carbonyl (C=O) groups is 1. The van der Waals surface area contributed by atoms with Crippen molar-refractivity contribution >= 4 is 52.4 Å². The number of hydrogen-bond donors (Lipinski definition) is 2. The Labute approximate surface area is 271 Å². The molecule has 1 fully saturated rings. The van der Waals surface area contributed by atoms with Gasteiger partial charge < -0.3 is 10.2 Å². The van der Waals surface area contributed by atoms with Crippen LogP contribution in [0.15, 0.2) is 84.5 Å². The quantitative estimate of drug-likeness (QED) is 0.174. The molecular weight excluding hydrogens is 586 g/mol. The van der Waals surface area contributed by atoms with Gasteiger partial charge in [0.05, 0.1) is 23.2 Å². The van der Waals surface area contributed by atoms with Gasteiger partial charge in [-0.25, -0.2) is 4.98 Å². The van der Waals surface area contributed by atoms with Crippen LogP contribution < -0.4 is 0 Å². The number of pyridine rings is 1. The molecule has 44 heavy (non-hydrogen) atoms. The van der Waals surface area contributed by atoms with Crippen molar-refractivity contribution in [2.45, 2.75) is 71.2 Å². The van der Waals surface area contributed by atoms with Crippen molar-refractivity contribution in [3.8, 4) is 0 Å². The predicted octanol–water partition coefficient (Wildman–Crippen LogP) is 10.3. The van der Waals surface area contributed by atoms with Crippen LogP contribution in [0.2, 0.25) is 5.02 Å². The zero-order valence-electron chi connectivity index (χ0n) is 26.4. The first-order valence-corrected chi connectivity index (χ1v) is 16.7. The Morgan fingerprint density at radius 2 is 1.98 bits per heavy atom. The Hall–Kier alpha value is -3.12. The highest BCUT2D eigenvalue weighted by atomic mass is 35.5. The number of rotatable bonds is 14. The fraction of sp³-hybridized carbons (Fsp3) is 0.368. The van der Waals surface area contributed by atoms with Gasteiger partial charge in [-0.3, -0.25) is 4.79 Å². The second-order valence-electron chi connectivity index (χ2n) is 12.6. The number of allylic oxidation sites excluding steroid dienone is 3. The Kier molecular flexibility index (Phi) is 11.0. The molecule has 232 valence electrons. The lowest BCUT2D eigenvalue weighted by Crippen LogP contribution is -2.23. The van der Waals surface area contributed by atoms with E-state index in [0.29, 0.717) is 10.9 Å². The summed E-state index contributed by atoms with van der Waals surface area (Å²) in [5.74, 6) is 0.497. The topological polar surface area (TPSA) is 70.4 Å². The number of aromatic nitrogens is 1. The lowest BCUT2D eigenvalue weighted by molar-refractivity contribution is -0.138. The summed E-state index contributed by atoms with van der Waals surface area (Å²) in [6, 6.07) is 16.5. The molecule has 0 unspecified atom stereocenters. The molecular formula is C38H44ClNO3S. The summed E-state index contributed by atoms with van der Waals surface area (Å²) in [6.07, 6.45) is 12.6. The number of aliphatic hydroxyl groups is 1. The highest BCUT2D eigenvalue weighted by Crippen LogP contribution is 2.58. The minimum Gasteiger partial charge on any atom is -0.481 e. The predicted molar refractivity (Wildman–Crippen MR) is 188 cm³/mol. The summed E-state index contributed by atoms with van der Waals surface area (Å²) >= 11 is 8.14. The average molecular weight is 630 g/mol. The number of carboxylic acids is 1. The van der Waals surface area contributed by atoms with Crippen molar-refractivity contribution in [1.29, 1.82) is 0 Å². The van der Waals surface area contributed by atoms with Crippen LogP contribution >= 0.6 is 23.4 Å². The fourth-order valence-electron chi connectivity index (χ4n) is 6.03. The molecule has 3 atom stereocenters. The zero-order valence-corrected chi connectivity index (χ0v) is 28.0. The molecule has 1 aromatic heterocycles. The second kappa shape index (κ2) is 14.3. The van der Waals surface area contributed by atoms with Crippen molar-refractivity contribution in [2.75, 3.05) is 5.75 Å². The third kappa shape index (κ3) is 8.53. The molecule has 2 aromatic carbocycles. The van der Waals surface area contributed by atoms with Crippen LogP contribution in [0.5, 0.6) is 0 Å². The van der Waals surface area contributed by atoms with Gasteiger partial charge in [0, 0.05) is 21.4 Å². The summed E-state index contributed by atoms with van der Waals surface area (Å²) in [5, 5.41) is 22.4. The van der Waals surface area contributed by atoms with E-state index in [-0.39, 0.29) is 17.1 Å². The molecule has 3 aromatic rings. The molecule has 1 saturated carbocycles. The van der Waals surface area contributed by atoms with Crippen molar-refractivity contribution in [1.82, 2.24) is 4.98 Å². The number of nitrogens with zero attached hydrogens (tertiary/aromatic N) is 1. The van der Waals surface area contributed by atoms with E-state index in [1.165, 1.54) is 5.56 Å². The normalized spacial score (nSPS) is 19.8. The van der Waals surface area contributed by atoms with Crippen LogP contribution in [0.4, 0.5) is 0 Å². The van der Waals surface area contributed by atoms with Gasteiger partial charge in [0.2, 0.25) is 0 Å². The van der Waals surface area contributed by atoms with E-state index in [1.54, 1.807) is 19.9 Å². The van der Waals surface area contributed by atoms with E-state index in [4.69, 9.17) is 16.6 Å². The zero-order chi connectivity index (χ0) is 32.1. The number of benzene rings is 2. The third-order valence-electron chi connectivity index (χ3n) is 8.72. The highest BCUT2D eigenvalue weighted by molar-refractivity contribution is 7.99. The monoisotopic (exact) mass is 629 g/mol. The second-order valence-corrected chi connectivity index (χ2v) is 14.2. The van der Waals surface area contributed by atoms with Crippen molar-refractivity contribution in [3.05, 3.63) is 112 Å². The molecule has 1 aliphatic carbocycles.